The minimum Gasteiger partial charge on any atom is -0.478 e. The molecule has 2 heterocycles. The SMILES string of the molecule is Cc1cc(CN(Cc2ncc(-c3ccccc3)o2)CN2N=CCO2)cc(C)c1OC(C)(C)C(=O)O. The van der Waals surface area contributed by atoms with Gasteiger partial charge in [-0.15, -0.1) is 0 Å². The summed E-state index contributed by atoms with van der Waals surface area (Å²) >= 11 is 0. The van der Waals surface area contributed by atoms with E-state index in [0.29, 0.717) is 43.8 Å². The fraction of sp³-hybridized carbons (Fsp3) is 0.346. The molecule has 0 fully saturated rings. The molecule has 9 nitrogen and oxygen atoms in total. The molecule has 1 aromatic heterocycles. The molecule has 0 atom stereocenters. The molecule has 3 aromatic rings. The summed E-state index contributed by atoms with van der Waals surface area (Å²) in [5.41, 5.74) is 2.42. The lowest BCUT2D eigenvalue weighted by atomic mass is 10.0. The smallest absolute Gasteiger partial charge is 0.347 e. The highest BCUT2D eigenvalue weighted by atomic mass is 16.7. The van der Waals surface area contributed by atoms with Crippen molar-refractivity contribution < 1.29 is 23.9 Å². The molecule has 0 amide bonds. The number of carboxylic acid groups (broad SMARTS) is 1. The highest BCUT2D eigenvalue weighted by Gasteiger charge is 2.30. The Kier molecular flexibility index (Phi) is 7.18. The molecule has 0 bridgehead atoms. The van der Waals surface area contributed by atoms with Crippen molar-refractivity contribution in [2.24, 2.45) is 5.10 Å². The first-order valence-electron chi connectivity index (χ1n) is 11.4. The molecule has 0 radical (unpaired) electrons. The second-order valence-corrected chi connectivity index (χ2v) is 9.03. The average molecular weight is 479 g/mol. The average Bonchev–Trinajstić information content (AvgIpc) is 3.49. The molecule has 1 aliphatic rings. The predicted molar refractivity (Wildman–Crippen MR) is 131 cm³/mol. The van der Waals surface area contributed by atoms with Crippen molar-refractivity contribution in [2.45, 2.75) is 46.4 Å². The zero-order valence-corrected chi connectivity index (χ0v) is 20.4. The molecule has 35 heavy (non-hydrogen) atoms. The minimum atomic E-state index is -1.32. The minimum absolute atomic E-state index is 0.419. The number of rotatable bonds is 10. The lowest BCUT2D eigenvalue weighted by Crippen LogP contribution is -2.38. The van der Waals surface area contributed by atoms with Gasteiger partial charge in [0.25, 0.3) is 0 Å². The van der Waals surface area contributed by atoms with Crippen LogP contribution in [0.25, 0.3) is 11.3 Å². The number of ether oxygens (including phenoxy) is 1. The van der Waals surface area contributed by atoms with Crippen LogP contribution in [0.1, 0.15) is 36.4 Å². The number of aromatic nitrogens is 1. The number of carboxylic acids is 1. The van der Waals surface area contributed by atoms with Crippen LogP contribution in [0, 0.1) is 13.8 Å². The van der Waals surface area contributed by atoms with Crippen LogP contribution in [0.3, 0.4) is 0 Å². The number of nitrogens with zero attached hydrogens (tertiary/aromatic N) is 4. The van der Waals surface area contributed by atoms with Crippen molar-refractivity contribution in [3.8, 4) is 17.1 Å². The number of aliphatic carboxylic acids is 1. The Hall–Kier alpha value is -3.69. The molecule has 0 saturated carbocycles. The maximum Gasteiger partial charge on any atom is 0.347 e. The molecule has 184 valence electrons. The third-order valence-electron chi connectivity index (χ3n) is 5.60. The summed E-state index contributed by atoms with van der Waals surface area (Å²) < 4.78 is 11.9. The molecular weight excluding hydrogens is 448 g/mol. The molecule has 1 aliphatic heterocycles. The van der Waals surface area contributed by atoms with E-state index in [0.717, 1.165) is 22.3 Å². The van der Waals surface area contributed by atoms with E-state index in [1.807, 2.05) is 56.3 Å². The van der Waals surface area contributed by atoms with Gasteiger partial charge in [-0.2, -0.15) is 10.3 Å². The number of hydroxylamine groups is 1. The van der Waals surface area contributed by atoms with Gasteiger partial charge < -0.3 is 14.3 Å². The molecule has 0 saturated heterocycles. The number of aryl methyl sites for hydroxylation is 2. The second-order valence-electron chi connectivity index (χ2n) is 9.03. The molecule has 4 rings (SSSR count). The van der Waals surface area contributed by atoms with E-state index in [-0.39, 0.29) is 0 Å². The standard InChI is InChI=1S/C26H30N4O5/c1-18-12-20(13-19(2)24(18)35-26(3,4)25(31)32)15-29(17-30-28-10-11-33-30)16-23-27-14-22(34-23)21-8-6-5-7-9-21/h5-10,12-14H,11,15-17H2,1-4H3,(H,31,32). The first-order valence-corrected chi connectivity index (χ1v) is 11.4. The maximum absolute atomic E-state index is 11.5. The lowest BCUT2D eigenvalue weighted by Gasteiger charge is -2.27. The van der Waals surface area contributed by atoms with E-state index in [4.69, 9.17) is 14.0 Å². The van der Waals surface area contributed by atoms with Crippen LogP contribution in [0.15, 0.2) is 58.2 Å². The normalized spacial score (nSPS) is 13.6. The number of benzene rings is 2. The van der Waals surface area contributed by atoms with Crippen LogP contribution in [0.5, 0.6) is 5.75 Å². The largest absolute Gasteiger partial charge is 0.478 e. The van der Waals surface area contributed by atoms with Crippen molar-refractivity contribution >= 4 is 12.2 Å². The van der Waals surface area contributed by atoms with Crippen LogP contribution in [0.4, 0.5) is 0 Å². The fourth-order valence-electron chi connectivity index (χ4n) is 3.84. The quantitative estimate of drug-likeness (QED) is 0.458. The van der Waals surface area contributed by atoms with E-state index in [1.165, 1.54) is 5.17 Å². The molecule has 1 N–H and O–H groups in total. The Morgan fingerprint density at radius 1 is 1.17 bits per heavy atom. The van der Waals surface area contributed by atoms with Crippen molar-refractivity contribution in [3.05, 3.63) is 71.2 Å². The van der Waals surface area contributed by atoms with Gasteiger partial charge in [0, 0.05) is 12.1 Å². The molecular formula is C26H30N4O5. The first-order chi connectivity index (χ1) is 16.7. The van der Waals surface area contributed by atoms with Gasteiger partial charge in [0.2, 0.25) is 5.89 Å². The lowest BCUT2D eigenvalue weighted by molar-refractivity contribution is -0.156. The van der Waals surface area contributed by atoms with E-state index < -0.39 is 11.6 Å². The number of oxazole rings is 1. The monoisotopic (exact) mass is 478 g/mol. The Bertz CT molecular complexity index is 1180. The van der Waals surface area contributed by atoms with Gasteiger partial charge >= 0.3 is 5.97 Å². The van der Waals surface area contributed by atoms with Gasteiger partial charge in [-0.1, -0.05) is 42.5 Å². The van der Waals surface area contributed by atoms with Crippen molar-refractivity contribution in [2.75, 3.05) is 13.3 Å². The third kappa shape index (κ3) is 6.06. The molecule has 0 spiro atoms. The summed E-state index contributed by atoms with van der Waals surface area (Å²) in [6, 6.07) is 13.9. The fourth-order valence-corrected chi connectivity index (χ4v) is 3.84. The van der Waals surface area contributed by atoms with Crippen LogP contribution in [-0.4, -0.2) is 51.2 Å². The summed E-state index contributed by atoms with van der Waals surface area (Å²) in [5, 5.41) is 15.2. The second kappa shape index (κ2) is 10.3. The number of carbonyl (C=O) groups is 1. The first kappa shape index (κ1) is 24.4. The van der Waals surface area contributed by atoms with Gasteiger partial charge in [0.05, 0.1) is 19.0 Å². The highest BCUT2D eigenvalue weighted by Crippen LogP contribution is 2.29. The molecule has 2 aromatic carbocycles. The van der Waals surface area contributed by atoms with Gasteiger partial charge in [0.15, 0.2) is 11.4 Å². The van der Waals surface area contributed by atoms with Gasteiger partial charge in [-0.25, -0.2) is 14.6 Å². The van der Waals surface area contributed by atoms with E-state index in [9.17, 15) is 9.90 Å². The zero-order valence-electron chi connectivity index (χ0n) is 20.4. The van der Waals surface area contributed by atoms with Gasteiger partial charge in [0.1, 0.15) is 19.0 Å². The zero-order chi connectivity index (χ0) is 25.0. The van der Waals surface area contributed by atoms with Crippen LogP contribution in [-0.2, 0) is 22.7 Å². The molecule has 9 heteroatoms. The van der Waals surface area contributed by atoms with Crippen LogP contribution in [0.2, 0.25) is 0 Å². The Morgan fingerprint density at radius 3 is 2.51 bits per heavy atom. The highest BCUT2D eigenvalue weighted by molar-refractivity contribution is 5.77. The topological polar surface area (TPSA) is 101 Å². The summed E-state index contributed by atoms with van der Waals surface area (Å²) in [6.45, 7) is 8.80. The summed E-state index contributed by atoms with van der Waals surface area (Å²) in [4.78, 5) is 23.6. The van der Waals surface area contributed by atoms with Crippen LogP contribution < -0.4 is 4.74 Å². The van der Waals surface area contributed by atoms with Crippen molar-refractivity contribution in [3.63, 3.8) is 0 Å². The van der Waals surface area contributed by atoms with Gasteiger partial charge in [-0.05, 0) is 44.4 Å². The number of hydrazone groups is 1. The van der Waals surface area contributed by atoms with Crippen LogP contribution >= 0.6 is 0 Å². The predicted octanol–water partition coefficient (Wildman–Crippen LogP) is 4.39. The molecule has 0 unspecified atom stereocenters. The maximum atomic E-state index is 11.5. The van der Waals surface area contributed by atoms with E-state index in [2.05, 4.69) is 15.0 Å². The Morgan fingerprint density at radius 2 is 1.89 bits per heavy atom. The summed E-state index contributed by atoms with van der Waals surface area (Å²) in [6.07, 6.45) is 3.44. The van der Waals surface area contributed by atoms with Crippen molar-refractivity contribution in [1.82, 2.24) is 15.1 Å². The Labute approximate surface area is 204 Å². The van der Waals surface area contributed by atoms with Crippen molar-refractivity contribution in [1.29, 1.82) is 0 Å². The summed E-state index contributed by atoms with van der Waals surface area (Å²) in [5.74, 6) is 0.868. The van der Waals surface area contributed by atoms with E-state index in [1.54, 1.807) is 26.3 Å². The molecule has 0 aliphatic carbocycles. The number of hydrogen-bond acceptors (Lipinski definition) is 8. The third-order valence-corrected chi connectivity index (χ3v) is 5.60. The Balaban J connectivity index is 1.53. The summed E-state index contributed by atoms with van der Waals surface area (Å²) in [7, 11) is 0. The van der Waals surface area contributed by atoms with Gasteiger partial charge in [-0.3, -0.25) is 4.90 Å². The number of hydrogen-bond donors (Lipinski definition) is 1. The van der Waals surface area contributed by atoms with E-state index >= 15 is 0 Å².